The van der Waals surface area contributed by atoms with Crippen LogP contribution in [0, 0.1) is 0 Å². The average Bonchev–Trinajstić information content (AvgIpc) is 2.56. The Balaban J connectivity index is 2.82. The van der Waals surface area contributed by atoms with E-state index in [-0.39, 0.29) is 29.3 Å². The zero-order valence-electron chi connectivity index (χ0n) is 22.4. The minimum atomic E-state index is -0.576. The van der Waals surface area contributed by atoms with Crippen LogP contribution in [0.15, 0.2) is 12.1 Å². The zero-order chi connectivity index (χ0) is 25.1. The van der Waals surface area contributed by atoms with Gasteiger partial charge in [-0.15, -0.1) is 0 Å². The van der Waals surface area contributed by atoms with Gasteiger partial charge in [-0.2, -0.15) is 0 Å². The third kappa shape index (κ3) is 9.50. The van der Waals surface area contributed by atoms with Crippen molar-refractivity contribution >= 4 is 5.97 Å². The van der Waals surface area contributed by atoms with E-state index in [1.807, 2.05) is 53.7 Å². The Labute approximate surface area is 195 Å². The van der Waals surface area contributed by atoms with Gasteiger partial charge in [-0.3, -0.25) is 4.79 Å². The van der Waals surface area contributed by atoms with E-state index in [2.05, 4.69) is 41.5 Å². The van der Waals surface area contributed by atoms with E-state index in [9.17, 15) is 9.90 Å². The van der Waals surface area contributed by atoms with Crippen molar-refractivity contribution < 1.29 is 24.4 Å². The van der Waals surface area contributed by atoms with Gasteiger partial charge in [0.2, 0.25) is 0 Å². The molecule has 0 saturated carbocycles. The van der Waals surface area contributed by atoms with E-state index in [1.54, 1.807) is 0 Å². The molecule has 1 N–H and O–H groups in total. The van der Waals surface area contributed by atoms with Crippen LogP contribution in [0.1, 0.15) is 113 Å². The van der Waals surface area contributed by atoms with E-state index in [4.69, 9.17) is 14.5 Å². The second kappa shape index (κ2) is 10.1. The number of benzene rings is 1. The first-order valence-corrected chi connectivity index (χ1v) is 11.6. The van der Waals surface area contributed by atoms with Crippen LogP contribution >= 0.6 is 0 Å². The van der Waals surface area contributed by atoms with E-state index in [1.165, 1.54) is 0 Å². The molecule has 5 nitrogen and oxygen atoms in total. The third-order valence-corrected chi connectivity index (χ3v) is 5.03. The minimum absolute atomic E-state index is 0.199. The van der Waals surface area contributed by atoms with Crippen LogP contribution in [0.3, 0.4) is 0 Å². The van der Waals surface area contributed by atoms with Gasteiger partial charge in [-0.05, 0) is 75.5 Å². The van der Waals surface area contributed by atoms with Gasteiger partial charge < -0.3 is 9.84 Å². The second-order valence-electron chi connectivity index (χ2n) is 12.6. The van der Waals surface area contributed by atoms with E-state index in [0.717, 1.165) is 16.7 Å². The molecule has 0 bridgehead atoms. The van der Waals surface area contributed by atoms with Gasteiger partial charge in [-0.25, -0.2) is 9.78 Å². The third-order valence-electron chi connectivity index (χ3n) is 5.03. The number of ether oxygens (including phenoxy) is 1. The van der Waals surface area contributed by atoms with Crippen molar-refractivity contribution in [2.24, 2.45) is 0 Å². The summed E-state index contributed by atoms with van der Waals surface area (Å²) in [5, 5.41) is 10.9. The molecule has 0 fully saturated rings. The van der Waals surface area contributed by atoms with Gasteiger partial charge >= 0.3 is 5.97 Å². The molecule has 0 heterocycles. The summed E-state index contributed by atoms with van der Waals surface area (Å²) in [7, 11) is 0. The normalized spacial score (nSPS) is 14.4. The summed E-state index contributed by atoms with van der Waals surface area (Å²) < 4.78 is 5.63. The molecule has 0 amide bonds. The highest BCUT2D eigenvalue weighted by Gasteiger charge is 2.29. The number of phenolic OH excluding ortho intramolecular Hbond substituents is 1. The lowest BCUT2D eigenvalue weighted by Gasteiger charge is -2.30. The van der Waals surface area contributed by atoms with Crippen LogP contribution in [0.4, 0.5) is 0 Å². The van der Waals surface area contributed by atoms with Crippen molar-refractivity contribution in [3.8, 4) is 5.75 Å². The molecule has 1 aromatic rings. The molecular formula is C27H46O5. The molecule has 184 valence electrons. The molecule has 1 rings (SSSR count). The van der Waals surface area contributed by atoms with Crippen molar-refractivity contribution in [3.05, 3.63) is 28.8 Å². The number of esters is 1. The molecule has 0 aromatic heterocycles. The summed E-state index contributed by atoms with van der Waals surface area (Å²) in [6, 6.07) is 4.03. The van der Waals surface area contributed by atoms with Gasteiger partial charge in [0.15, 0.2) is 0 Å². The van der Waals surface area contributed by atoms with E-state index >= 15 is 0 Å². The maximum absolute atomic E-state index is 12.5. The Morgan fingerprint density at radius 1 is 0.875 bits per heavy atom. The molecule has 0 radical (unpaired) electrons. The van der Waals surface area contributed by atoms with Crippen molar-refractivity contribution in [2.45, 2.75) is 130 Å². The number of carbonyl (C=O) groups excluding carboxylic acids is 1. The number of aromatic hydroxyl groups is 1. The zero-order valence-corrected chi connectivity index (χ0v) is 22.4. The summed E-state index contributed by atoms with van der Waals surface area (Å²) in [5.41, 5.74) is 1.46. The Bertz CT molecular complexity index is 738. The number of carbonyl (C=O) groups is 1. The molecule has 0 aliphatic carbocycles. The topological polar surface area (TPSA) is 65.0 Å². The Morgan fingerprint density at radius 2 is 1.34 bits per heavy atom. The molecule has 1 unspecified atom stereocenters. The average molecular weight is 451 g/mol. The lowest BCUT2D eigenvalue weighted by atomic mass is 9.78. The monoisotopic (exact) mass is 450 g/mol. The number of rotatable bonds is 8. The fourth-order valence-corrected chi connectivity index (χ4v) is 3.52. The van der Waals surface area contributed by atoms with Crippen LogP contribution in [0.5, 0.6) is 5.75 Å². The molecule has 0 spiro atoms. The highest BCUT2D eigenvalue weighted by molar-refractivity contribution is 5.70. The highest BCUT2D eigenvalue weighted by atomic mass is 17.2. The van der Waals surface area contributed by atoms with Gasteiger partial charge in [-0.1, -0.05) is 53.7 Å². The molecular weight excluding hydrogens is 404 g/mol. The predicted octanol–water partition coefficient (Wildman–Crippen LogP) is 6.77. The van der Waals surface area contributed by atoms with Crippen LogP contribution in [0.25, 0.3) is 0 Å². The van der Waals surface area contributed by atoms with Gasteiger partial charge in [0, 0.05) is 12.8 Å². The molecule has 0 aliphatic rings. The van der Waals surface area contributed by atoms with Crippen LogP contribution < -0.4 is 0 Å². The van der Waals surface area contributed by atoms with Crippen molar-refractivity contribution in [1.29, 1.82) is 0 Å². The minimum Gasteiger partial charge on any atom is -0.507 e. The first-order valence-electron chi connectivity index (χ1n) is 11.6. The van der Waals surface area contributed by atoms with E-state index < -0.39 is 11.2 Å². The van der Waals surface area contributed by atoms with Gasteiger partial charge in [0.05, 0.1) is 5.60 Å². The first kappa shape index (κ1) is 28.4. The summed E-state index contributed by atoms with van der Waals surface area (Å²) in [6.45, 7) is 24.0. The molecule has 32 heavy (non-hydrogen) atoms. The van der Waals surface area contributed by atoms with Gasteiger partial charge in [0.1, 0.15) is 17.5 Å². The number of phenols is 1. The van der Waals surface area contributed by atoms with Crippen molar-refractivity contribution in [3.63, 3.8) is 0 Å². The fourth-order valence-electron chi connectivity index (χ4n) is 3.52. The largest absolute Gasteiger partial charge is 0.507 e. The standard InChI is InChI=1S/C27H46O5/c1-18(17-27(11,12)32-31-26(8,9)10)30-22(28)14-13-19-15-20(24(2,3)4)23(29)21(16-19)25(5,6)7/h15-16,18,29H,13-14,17H2,1-12H3. The Hall–Kier alpha value is -1.59. The number of hydrogen-bond donors (Lipinski definition) is 1. The summed E-state index contributed by atoms with van der Waals surface area (Å²) in [4.78, 5) is 23.5. The molecule has 0 aliphatic heterocycles. The molecule has 1 atom stereocenters. The predicted molar refractivity (Wildman–Crippen MR) is 130 cm³/mol. The van der Waals surface area contributed by atoms with Crippen LogP contribution in [-0.2, 0) is 36.6 Å². The second-order valence-corrected chi connectivity index (χ2v) is 12.6. The number of aryl methyl sites for hydroxylation is 1. The van der Waals surface area contributed by atoms with Crippen molar-refractivity contribution in [2.75, 3.05) is 0 Å². The van der Waals surface area contributed by atoms with Crippen LogP contribution in [-0.4, -0.2) is 28.4 Å². The summed E-state index contributed by atoms with van der Waals surface area (Å²) in [6.07, 6.45) is 1.07. The Morgan fingerprint density at radius 3 is 1.75 bits per heavy atom. The van der Waals surface area contributed by atoms with E-state index in [0.29, 0.717) is 18.6 Å². The molecule has 1 aromatic carbocycles. The lowest BCUT2D eigenvalue weighted by molar-refractivity contribution is -0.399. The highest BCUT2D eigenvalue weighted by Crippen LogP contribution is 2.40. The lowest BCUT2D eigenvalue weighted by Crippen LogP contribution is -2.34. The SMILES string of the molecule is CC(CC(C)(C)OOC(C)(C)C)OC(=O)CCc1cc(C(C)(C)C)c(O)c(C(C)(C)C)c1. The quantitative estimate of drug-likeness (QED) is 0.269. The van der Waals surface area contributed by atoms with Crippen molar-refractivity contribution in [1.82, 2.24) is 0 Å². The summed E-state index contributed by atoms with van der Waals surface area (Å²) in [5.74, 6) is 0.109. The molecule has 5 heteroatoms. The maximum atomic E-state index is 12.5. The fraction of sp³-hybridized carbons (Fsp3) is 0.741. The molecule has 0 saturated heterocycles. The Kier molecular flexibility index (Phi) is 9.00. The smallest absolute Gasteiger partial charge is 0.306 e. The van der Waals surface area contributed by atoms with Crippen LogP contribution in [0.2, 0.25) is 0 Å². The number of hydrogen-bond acceptors (Lipinski definition) is 5. The summed E-state index contributed by atoms with van der Waals surface area (Å²) >= 11 is 0. The van der Waals surface area contributed by atoms with Gasteiger partial charge in [0.25, 0.3) is 0 Å². The first-order chi connectivity index (χ1) is 14.2. The maximum Gasteiger partial charge on any atom is 0.306 e.